The molecule has 2 rings (SSSR count). The molecule has 0 aromatic carbocycles. The Balaban J connectivity index is 2.99. The van der Waals surface area contributed by atoms with Crippen LogP contribution in [0.5, 0.6) is 0 Å². The summed E-state index contributed by atoms with van der Waals surface area (Å²) in [5.74, 6) is 0. The number of thiazole rings is 1. The molecule has 9 heavy (non-hydrogen) atoms. The number of hydrogen-bond donors (Lipinski definition) is 0. The maximum atomic E-state index is 5.67. The van der Waals surface area contributed by atoms with Crippen molar-refractivity contribution in [1.82, 2.24) is 9.38 Å². The molecular formula is C5H3ClN2S. The molecule has 0 saturated heterocycles. The summed E-state index contributed by atoms with van der Waals surface area (Å²) in [5, 5.41) is 2.51. The number of rotatable bonds is 0. The van der Waals surface area contributed by atoms with E-state index >= 15 is 0 Å². The van der Waals surface area contributed by atoms with E-state index in [0.717, 1.165) is 4.83 Å². The second kappa shape index (κ2) is 1.72. The molecule has 2 aromatic rings. The summed E-state index contributed by atoms with van der Waals surface area (Å²) in [6.07, 6.45) is 3.66. The van der Waals surface area contributed by atoms with Crippen LogP contribution < -0.4 is 0 Å². The second-order valence-electron chi connectivity index (χ2n) is 1.64. The van der Waals surface area contributed by atoms with E-state index in [9.17, 15) is 0 Å². The van der Waals surface area contributed by atoms with Crippen LogP contribution in [0.2, 0.25) is 5.28 Å². The smallest absolute Gasteiger partial charge is 0.208 e. The van der Waals surface area contributed by atoms with Crippen molar-refractivity contribution in [1.29, 1.82) is 0 Å². The van der Waals surface area contributed by atoms with Gasteiger partial charge in [-0.2, -0.15) is 0 Å². The van der Waals surface area contributed by atoms with Gasteiger partial charge in [0.1, 0.15) is 4.83 Å². The average Bonchev–Trinajstić information content (AvgIpc) is 2.35. The van der Waals surface area contributed by atoms with Gasteiger partial charge in [-0.05, 0) is 11.6 Å². The highest BCUT2D eigenvalue weighted by molar-refractivity contribution is 7.15. The van der Waals surface area contributed by atoms with Crippen LogP contribution in [0.25, 0.3) is 4.83 Å². The molecule has 0 aliphatic carbocycles. The SMILES string of the molecule is Clc1ncc2sccn12. The van der Waals surface area contributed by atoms with Crippen LogP contribution in [-0.2, 0) is 0 Å². The predicted octanol–water partition coefficient (Wildman–Crippen LogP) is 2.05. The Labute approximate surface area is 60.7 Å². The van der Waals surface area contributed by atoms with Crippen LogP contribution in [0.1, 0.15) is 0 Å². The highest BCUT2D eigenvalue weighted by Gasteiger charge is 1.97. The van der Waals surface area contributed by atoms with Crippen molar-refractivity contribution in [3.8, 4) is 0 Å². The quantitative estimate of drug-likeness (QED) is 0.574. The Morgan fingerprint density at radius 3 is 3.33 bits per heavy atom. The van der Waals surface area contributed by atoms with Crippen molar-refractivity contribution >= 4 is 27.8 Å². The number of halogens is 1. The minimum atomic E-state index is 0.534. The van der Waals surface area contributed by atoms with Crippen molar-refractivity contribution in [3.05, 3.63) is 23.1 Å². The van der Waals surface area contributed by atoms with Crippen molar-refractivity contribution in [2.75, 3.05) is 0 Å². The molecule has 0 unspecified atom stereocenters. The molecule has 0 saturated carbocycles. The Morgan fingerprint density at radius 1 is 1.67 bits per heavy atom. The molecule has 46 valence electrons. The number of fused-ring (bicyclic) bond motifs is 1. The normalized spacial score (nSPS) is 10.8. The summed E-state index contributed by atoms with van der Waals surface area (Å²) < 4.78 is 1.84. The first kappa shape index (κ1) is 5.26. The maximum absolute atomic E-state index is 5.67. The molecular weight excluding hydrogens is 156 g/mol. The van der Waals surface area contributed by atoms with E-state index in [0.29, 0.717) is 5.28 Å². The lowest BCUT2D eigenvalue weighted by molar-refractivity contribution is 1.18. The van der Waals surface area contributed by atoms with Crippen LogP contribution in [0.3, 0.4) is 0 Å². The van der Waals surface area contributed by atoms with Gasteiger partial charge in [0, 0.05) is 11.6 Å². The maximum Gasteiger partial charge on any atom is 0.208 e. The molecule has 2 nitrogen and oxygen atoms in total. The van der Waals surface area contributed by atoms with Gasteiger partial charge in [0.05, 0.1) is 6.20 Å². The molecule has 4 heteroatoms. The molecule has 0 spiro atoms. The summed E-state index contributed by atoms with van der Waals surface area (Å²) in [6.45, 7) is 0. The standard InChI is InChI=1S/C5H3ClN2S/c6-5-7-3-4-8(5)1-2-9-4/h1-3H. The Morgan fingerprint density at radius 2 is 2.56 bits per heavy atom. The Kier molecular flexibility index (Phi) is 1.00. The highest BCUT2D eigenvalue weighted by Crippen LogP contribution is 2.15. The summed E-state index contributed by atoms with van der Waals surface area (Å²) in [4.78, 5) is 4.98. The second-order valence-corrected chi connectivity index (χ2v) is 2.90. The Bertz CT molecular complexity index is 324. The topological polar surface area (TPSA) is 17.3 Å². The first-order valence-electron chi connectivity index (χ1n) is 2.44. The summed E-state index contributed by atoms with van der Waals surface area (Å²) in [5.41, 5.74) is 0. The van der Waals surface area contributed by atoms with E-state index in [1.54, 1.807) is 17.5 Å². The zero-order valence-corrected chi connectivity index (χ0v) is 5.99. The van der Waals surface area contributed by atoms with Gasteiger partial charge < -0.3 is 0 Å². The number of nitrogens with zero attached hydrogens (tertiary/aromatic N) is 2. The minimum absolute atomic E-state index is 0.534. The molecule has 0 amide bonds. The molecule has 2 aromatic heterocycles. The largest absolute Gasteiger partial charge is 0.281 e. The summed E-state index contributed by atoms with van der Waals surface area (Å²) in [7, 11) is 0. The lowest BCUT2D eigenvalue weighted by Gasteiger charge is -1.79. The molecule has 0 aliphatic rings. The molecule has 2 heterocycles. The fraction of sp³-hybridized carbons (Fsp3) is 0. The van der Waals surface area contributed by atoms with Gasteiger partial charge >= 0.3 is 0 Å². The van der Waals surface area contributed by atoms with Crippen molar-refractivity contribution in [3.63, 3.8) is 0 Å². The van der Waals surface area contributed by atoms with Crippen LogP contribution >= 0.6 is 22.9 Å². The van der Waals surface area contributed by atoms with Gasteiger partial charge in [-0.3, -0.25) is 4.40 Å². The predicted molar refractivity (Wildman–Crippen MR) is 38.1 cm³/mol. The first-order valence-corrected chi connectivity index (χ1v) is 3.70. The first-order chi connectivity index (χ1) is 4.38. The van der Waals surface area contributed by atoms with Gasteiger partial charge in [-0.1, -0.05) is 0 Å². The van der Waals surface area contributed by atoms with Crippen LogP contribution in [0.15, 0.2) is 17.8 Å². The van der Waals surface area contributed by atoms with Gasteiger partial charge in [0.2, 0.25) is 5.28 Å². The van der Waals surface area contributed by atoms with Gasteiger partial charge in [-0.25, -0.2) is 4.98 Å². The lowest BCUT2D eigenvalue weighted by atomic mass is 10.9. The lowest BCUT2D eigenvalue weighted by Crippen LogP contribution is -1.72. The summed E-state index contributed by atoms with van der Waals surface area (Å²) >= 11 is 7.30. The number of imidazole rings is 1. The third kappa shape index (κ3) is 0.653. The average molecular weight is 159 g/mol. The number of hydrogen-bond acceptors (Lipinski definition) is 2. The minimum Gasteiger partial charge on any atom is -0.281 e. The molecule has 0 fully saturated rings. The molecule has 0 atom stereocenters. The van der Waals surface area contributed by atoms with Crippen LogP contribution in [0, 0.1) is 0 Å². The molecule has 0 N–H and O–H groups in total. The molecule has 0 radical (unpaired) electrons. The van der Waals surface area contributed by atoms with E-state index in [1.807, 2.05) is 16.0 Å². The van der Waals surface area contributed by atoms with Crippen LogP contribution in [-0.4, -0.2) is 9.38 Å². The molecule has 0 bridgehead atoms. The fourth-order valence-corrected chi connectivity index (χ4v) is 1.65. The van der Waals surface area contributed by atoms with Gasteiger partial charge in [-0.15, -0.1) is 11.3 Å². The highest BCUT2D eigenvalue weighted by atomic mass is 35.5. The molecule has 0 aliphatic heterocycles. The van der Waals surface area contributed by atoms with E-state index in [-0.39, 0.29) is 0 Å². The van der Waals surface area contributed by atoms with Crippen molar-refractivity contribution in [2.45, 2.75) is 0 Å². The van der Waals surface area contributed by atoms with E-state index in [1.165, 1.54) is 0 Å². The zero-order valence-electron chi connectivity index (χ0n) is 4.41. The van der Waals surface area contributed by atoms with E-state index in [2.05, 4.69) is 4.98 Å². The van der Waals surface area contributed by atoms with Crippen molar-refractivity contribution < 1.29 is 0 Å². The van der Waals surface area contributed by atoms with Gasteiger partial charge in [0.15, 0.2) is 0 Å². The van der Waals surface area contributed by atoms with Crippen molar-refractivity contribution in [2.24, 2.45) is 0 Å². The zero-order chi connectivity index (χ0) is 6.27. The fourth-order valence-electron chi connectivity index (χ4n) is 0.707. The third-order valence-corrected chi connectivity index (χ3v) is 2.20. The Hall–Kier alpha value is -0.540. The third-order valence-electron chi connectivity index (χ3n) is 1.12. The summed E-state index contributed by atoms with van der Waals surface area (Å²) in [6, 6.07) is 0. The van der Waals surface area contributed by atoms with E-state index < -0.39 is 0 Å². The van der Waals surface area contributed by atoms with Gasteiger partial charge in [0.25, 0.3) is 0 Å². The number of aromatic nitrogens is 2. The van der Waals surface area contributed by atoms with E-state index in [4.69, 9.17) is 11.6 Å². The monoisotopic (exact) mass is 158 g/mol. The van der Waals surface area contributed by atoms with Crippen LogP contribution in [0.4, 0.5) is 0 Å².